The van der Waals surface area contributed by atoms with Crippen LogP contribution in [0, 0.1) is 6.92 Å². The number of aryl methyl sites for hydroxylation is 1. The van der Waals surface area contributed by atoms with Gasteiger partial charge in [0.15, 0.2) is 0 Å². The highest BCUT2D eigenvalue weighted by atomic mass is 32.2. The van der Waals surface area contributed by atoms with Crippen LogP contribution in [0.25, 0.3) is 0 Å². The van der Waals surface area contributed by atoms with E-state index in [1.807, 2.05) is 18.8 Å². The molecule has 110 valence electrons. The number of hydrogen-bond acceptors (Lipinski definition) is 3. The Kier molecular flexibility index (Phi) is 4.51. The Labute approximate surface area is 130 Å². The quantitative estimate of drug-likeness (QED) is 0.844. The number of benzene rings is 2. The summed E-state index contributed by atoms with van der Waals surface area (Å²) in [5.41, 5.74) is 3.94. The molecule has 0 amide bonds. The minimum absolute atomic E-state index is 0.309. The molecule has 2 nitrogen and oxygen atoms in total. The van der Waals surface area contributed by atoms with E-state index in [0.29, 0.717) is 6.04 Å². The van der Waals surface area contributed by atoms with E-state index in [9.17, 15) is 0 Å². The van der Waals surface area contributed by atoms with E-state index in [0.717, 1.165) is 24.5 Å². The summed E-state index contributed by atoms with van der Waals surface area (Å²) >= 11 is 1.89. The molecule has 0 saturated heterocycles. The van der Waals surface area contributed by atoms with Crippen molar-refractivity contribution in [3.63, 3.8) is 0 Å². The second-order valence-corrected chi connectivity index (χ2v) is 6.50. The lowest BCUT2D eigenvalue weighted by Gasteiger charge is -2.19. The average Bonchev–Trinajstić information content (AvgIpc) is 2.97. The van der Waals surface area contributed by atoms with Crippen molar-refractivity contribution in [1.29, 1.82) is 0 Å². The van der Waals surface area contributed by atoms with Gasteiger partial charge in [-0.1, -0.05) is 35.9 Å². The maximum Gasteiger partial charge on any atom is 0.127 e. The van der Waals surface area contributed by atoms with Crippen molar-refractivity contribution in [2.45, 2.75) is 24.3 Å². The molecule has 1 unspecified atom stereocenters. The standard InChI is InChI=1S/C18H21NOS/c1-13-5-3-7-15(11-13)21-12-17(19-2)16-8-4-6-14-9-10-20-18(14)16/h3-8,11,17,19H,9-10,12H2,1-2H3. The van der Waals surface area contributed by atoms with Crippen molar-refractivity contribution in [3.8, 4) is 5.75 Å². The Morgan fingerprint density at radius 3 is 2.90 bits per heavy atom. The van der Waals surface area contributed by atoms with Crippen molar-refractivity contribution >= 4 is 11.8 Å². The van der Waals surface area contributed by atoms with Crippen LogP contribution in [0.3, 0.4) is 0 Å². The minimum atomic E-state index is 0.309. The molecule has 1 aliphatic rings. The highest BCUT2D eigenvalue weighted by Gasteiger charge is 2.21. The topological polar surface area (TPSA) is 21.3 Å². The summed E-state index contributed by atoms with van der Waals surface area (Å²) in [6, 6.07) is 15.5. The first-order valence-electron chi connectivity index (χ1n) is 7.39. The van der Waals surface area contributed by atoms with E-state index >= 15 is 0 Å². The molecular formula is C18H21NOS. The van der Waals surface area contributed by atoms with Crippen LogP contribution < -0.4 is 10.1 Å². The molecule has 2 aromatic rings. The van der Waals surface area contributed by atoms with Crippen molar-refractivity contribution in [1.82, 2.24) is 5.32 Å². The van der Waals surface area contributed by atoms with Crippen LogP contribution >= 0.6 is 11.8 Å². The number of rotatable bonds is 5. The average molecular weight is 299 g/mol. The summed E-state index contributed by atoms with van der Waals surface area (Å²) < 4.78 is 5.83. The summed E-state index contributed by atoms with van der Waals surface area (Å²) in [5, 5.41) is 3.43. The van der Waals surface area contributed by atoms with Gasteiger partial charge in [0.1, 0.15) is 5.75 Å². The molecule has 0 spiro atoms. The van der Waals surface area contributed by atoms with Gasteiger partial charge in [0.25, 0.3) is 0 Å². The van der Waals surface area contributed by atoms with E-state index in [2.05, 4.69) is 54.7 Å². The van der Waals surface area contributed by atoms with Crippen LogP contribution in [0.2, 0.25) is 0 Å². The lowest BCUT2D eigenvalue weighted by Crippen LogP contribution is -2.19. The largest absolute Gasteiger partial charge is 0.493 e. The lowest BCUT2D eigenvalue weighted by molar-refractivity contribution is 0.350. The molecule has 1 N–H and O–H groups in total. The summed E-state index contributed by atoms with van der Waals surface area (Å²) in [5.74, 6) is 2.10. The van der Waals surface area contributed by atoms with Crippen LogP contribution in [0.4, 0.5) is 0 Å². The molecule has 1 atom stereocenters. The van der Waals surface area contributed by atoms with Crippen molar-refractivity contribution in [2.24, 2.45) is 0 Å². The second-order valence-electron chi connectivity index (χ2n) is 5.40. The van der Waals surface area contributed by atoms with E-state index in [-0.39, 0.29) is 0 Å². The minimum Gasteiger partial charge on any atom is -0.493 e. The third-order valence-corrected chi connectivity index (χ3v) is 4.96. The van der Waals surface area contributed by atoms with E-state index in [1.165, 1.54) is 21.6 Å². The summed E-state index contributed by atoms with van der Waals surface area (Å²) in [7, 11) is 2.02. The Morgan fingerprint density at radius 1 is 1.24 bits per heavy atom. The van der Waals surface area contributed by atoms with Gasteiger partial charge >= 0.3 is 0 Å². The molecule has 0 saturated carbocycles. The van der Waals surface area contributed by atoms with Crippen LogP contribution in [0.15, 0.2) is 47.4 Å². The Hall–Kier alpha value is -1.45. The number of fused-ring (bicyclic) bond motifs is 1. The van der Waals surface area contributed by atoms with Crippen LogP contribution in [-0.2, 0) is 6.42 Å². The van der Waals surface area contributed by atoms with Gasteiger partial charge in [0.2, 0.25) is 0 Å². The van der Waals surface area contributed by atoms with Gasteiger partial charge < -0.3 is 10.1 Å². The first-order chi connectivity index (χ1) is 10.3. The fraction of sp³-hybridized carbons (Fsp3) is 0.333. The van der Waals surface area contributed by atoms with Gasteiger partial charge in [-0.2, -0.15) is 0 Å². The predicted octanol–water partition coefficient (Wildman–Crippen LogP) is 3.98. The summed E-state index contributed by atoms with van der Waals surface area (Å²) in [4.78, 5) is 1.32. The molecular weight excluding hydrogens is 278 g/mol. The molecule has 1 heterocycles. The fourth-order valence-electron chi connectivity index (χ4n) is 2.73. The summed E-state index contributed by atoms with van der Waals surface area (Å²) in [6.07, 6.45) is 1.03. The zero-order chi connectivity index (χ0) is 14.7. The van der Waals surface area contributed by atoms with Gasteiger partial charge in [0, 0.05) is 28.7 Å². The molecule has 0 fully saturated rings. The molecule has 21 heavy (non-hydrogen) atoms. The molecule has 0 radical (unpaired) electrons. The Morgan fingerprint density at radius 2 is 2.10 bits per heavy atom. The van der Waals surface area contributed by atoms with Gasteiger partial charge in [-0.25, -0.2) is 0 Å². The molecule has 3 heteroatoms. The maximum atomic E-state index is 5.83. The number of ether oxygens (including phenoxy) is 1. The molecule has 2 aromatic carbocycles. The SMILES string of the molecule is CNC(CSc1cccc(C)c1)c1cccc2c1OCC2. The highest BCUT2D eigenvalue weighted by Crippen LogP contribution is 2.35. The number of hydrogen-bond donors (Lipinski definition) is 1. The highest BCUT2D eigenvalue weighted by molar-refractivity contribution is 7.99. The third kappa shape index (κ3) is 3.25. The second kappa shape index (κ2) is 6.54. The van der Waals surface area contributed by atoms with Gasteiger partial charge in [-0.15, -0.1) is 11.8 Å². The van der Waals surface area contributed by atoms with Crippen LogP contribution in [0.5, 0.6) is 5.75 Å². The first-order valence-corrected chi connectivity index (χ1v) is 8.38. The zero-order valence-corrected chi connectivity index (χ0v) is 13.4. The number of nitrogens with one attached hydrogen (secondary N) is 1. The first kappa shape index (κ1) is 14.5. The molecule has 0 bridgehead atoms. The van der Waals surface area contributed by atoms with Gasteiger partial charge in [0.05, 0.1) is 6.61 Å². The smallest absolute Gasteiger partial charge is 0.127 e. The molecule has 1 aliphatic heterocycles. The maximum absolute atomic E-state index is 5.83. The fourth-order valence-corrected chi connectivity index (χ4v) is 3.88. The van der Waals surface area contributed by atoms with Crippen LogP contribution in [0.1, 0.15) is 22.7 Å². The lowest BCUT2D eigenvalue weighted by atomic mass is 10.0. The number of thioether (sulfide) groups is 1. The van der Waals surface area contributed by atoms with E-state index in [1.54, 1.807) is 0 Å². The molecule has 3 rings (SSSR count). The Balaban J connectivity index is 1.75. The predicted molar refractivity (Wildman–Crippen MR) is 89.3 cm³/mol. The van der Waals surface area contributed by atoms with Crippen molar-refractivity contribution in [2.75, 3.05) is 19.4 Å². The van der Waals surface area contributed by atoms with Crippen molar-refractivity contribution in [3.05, 3.63) is 59.2 Å². The van der Waals surface area contributed by atoms with Crippen molar-refractivity contribution < 1.29 is 4.74 Å². The molecule has 0 aliphatic carbocycles. The molecule has 0 aromatic heterocycles. The summed E-state index contributed by atoms with van der Waals surface area (Å²) in [6.45, 7) is 2.95. The monoisotopic (exact) mass is 299 g/mol. The third-order valence-electron chi connectivity index (χ3n) is 3.87. The van der Waals surface area contributed by atoms with E-state index < -0.39 is 0 Å². The van der Waals surface area contributed by atoms with Gasteiger partial charge in [-0.3, -0.25) is 0 Å². The van der Waals surface area contributed by atoms with E-state index in [4.69, 9.17) is 4.74 Å². The number of para-hydroxylation sites is 1. The van der Waals surface area contributed by atoms with Crippen LogP contribution in [-0.4, -0.2) is 19.4 Å². The zero-order valence-electron chi connectivity index (χ0n) is 12.6. The normalized spacial score (nSPS) is 14.6. The Bertz CT molecular complexity index is 626. The van der Waals surface area contributed by atoms with Gasteiger partial charge in [-0.05, 0) is 31.7 Å².